The first-order valence-electron chi connectivity index (χ1n) is 6.51. The van der Waals surface area contributed by atoms with Crippen LogP contribution in [0.25, 0.3) is 0 Å². The van der Waals surface area contributed by atoms with Crippen LogP contribution in [0.1, 0.15) is 52.9 Å². The third-order valence-electron chi connectivity index (χ3n) is 2.57. The van der Waals surface area contributed by atoms with Crippen molar-refractivity contribution in [1.29, 1.82) is 0 Å². The van der Waals surface area contributed by atoms with Gasteiger partial charge in [-0.15, -0.1) is 0 Å². The topological polar surface area (TPSA) is 63.6 Å². The number of rotatable bonds is 9. The highest BCUT2D eigenvalue weighted by Gasteiger charge is 2.06. The summed E-state index contributed by atoms with van der Waals surface area (Å²) < 4.78 is 4.96. The van der Waals surface area contributed by atoms with Gasteiger partial charge in [-0.1, -0.05) is 39.5 Å². The van der Waals surface area contributed by atoms with Crippen molar-refractivity contribution in [3.63, 3.8) is 0 Å². The maximum atomic E-state index is 11.3. The van der Waals surface area contributed by atoms with E-state index in [2.05, 4.69) is 13.8 Å². The fourth-order valence-electron chi connectivity index (χ4n) is 1.53. The van der Waals surface area contributed by atoms with Crippen LogP contribution in [-0.2, 0) is 14.3 Å². The van der Waals surface area contributed by atoms with Gasteiger partial charge >= 0.3 is 11.9 Å². The number of esters is 1. The Morgan fingerprint density at radius 1 is 1.17 bits per heavy atom. The molecule has 0 bridgehead atoms. The van der Waals surface area contributed by atoms with Gasteiger partial charge in [0.2, 0.25) is 0 Å². The van der Waals surface area contributed by atoms with Crippen LogP contribution in [0.3, 0.4) is 0 Å². The number of carbonyl (C=O) groups is 2. The van der Waals surface area contributed by atoms with Crippen molar-refractivity contribution in [2.24, 2.45) is 5.92 Å². The van der Waals surface area contributed by atoms with Crippen LogP contribution in [0, 0.1) is 5.92 Å². The third-order valence-corrected chi connectivity index (χ3v) is 2.57. The lowest BCUT2D eigenvalue weighted by atomic mass is 10.0. The Balaban J connectivity index is 3.55. The highest BCUT2D eigenvalue weighted by Crippen LogP contribution is 2.09. The molecule has 0 rings (SSSR count). The monoisotopic (exact) mass is 256 g/mol. The first-order chi connectivity index (χ1) is 8.43. The van der Waals surface area contributed by atoms with Crippen molar-refractivity contribution in [3.05, 3.63) is 11.6 Å². The molecule has 0 saturated carbocycles. The smallest absolute Gasteiger partial charge is 0.333 e. The highest BCUT2D eigenvalue weighted by molar-refractivity contribution is 5.95. The van der Waals surface area contributed by atoms with E-state index in [9.17, 15) is 9.59 Å². The molecule has 0 aromatic carbocycles. The average Bonchev–Trinajstić information content (AvgIpc) is 2.26. The summed E-state index contributed by atoms with van der Waals surface area (Å²) >= 11 is 0. The largest absolute Gasteiger partial charge is 0.478 e. The molecule has 0 atom stereocenters. The van der Waals surface area contributed by atoms with Gasteiger partial charge in [0.15, 0.2) is 0 Å². The molecule has 0 aromatic rings. The first-order valence-corrected chi connectivity index (χ1v) is 6.51. The summed E-state index contributed by atoms with van der Waals surface area (Å²) in [5.74, 6) is -0.927. The zero-order chi connectivity index (χ0) is 14.0. The van der Waals surface area contributed by atoms with Crippen molar-refractivity contribution >= 4 is 11.9 Å². The SMILES string of the molecule is C/C(=C\C(=O)O)C(=O)OCCCCCCC(C)C. The van der Waals surface area contributed by atoms with Gasteiger partial charge in [0.1, 0.15) is 0 Å². The van der Waals surface area contributed by atoms with Gasteiger partial charge in [-0.25, -0.2) is 9.59 Å². The number of aliphatic carboxylic acids is 1. The lowest BCUT2D eigenvalue weighted by Gasteiger charge is -2.05. The van der Waals surface area contributed by atoms with Gasteiger partial charge in [-0.2, -0.15) is 0 Å². The molecule has 0 aliphatic heterocycles. The highest BCUT2D eigenvalue weighted by atomic mass is 16.5. The Hall–Kier alpha value is -1.32. The normalized spacial score (nSPS) is 11.7. The van der Waals surface area contributed by atoms with E-state index in [0.717, 1.165) is 31.3 Å². The van der Waals surface area contributed by atoms with E-state index in [-0.39, 0.29) is 5.57 Å². The third kappa shape index (κ3) is 9.87. The molecule has 0 heterocycles. The number of unbranched alkanes of at least 4 members (excludes halogenated alkanes) is 3. The molecule has 0 aromatic heterocycles. The van der Waals surface area contributed by atoms with E-state index in [1.54, 1.807) is 0 Å². The minimum atomic E-state index is -1.13. The van der Waals surface area contributed by atoms with E-state index >= 15 is 0 Å². The number of carbonyl (C=O) groups excluding carboxylic acids is 1. The number of hydrogen-bond acceptors (Lipinski definition) is 3. The fraction of sp³-hybridized carbons (Fsp3) is 0.714. The summed E-state index contributed by atoms with van der Waals surface area (Å²) in [6, 6.07) is 0. The Morgan fingerprint density at radius 2 is 1.78 bits per heavy atom. The number of carboxylic acid groups (broad SMARTS) is 1. The molecule has 0 amide bonds. The fourth-order valence-corrected chi connectivity index (χ4v) is 1.53. The van der Waals surface area contributed by atoms with Gasteiger partial charge in [-0.3, -0.25) is 0 Å². The van der Waals surface area contributed by atoms with Crippen LogP contribution >= 0.6 is 0 Å². The molecular formula is C14H24O4. The maximum absolute atomic E-state index is 11.3. The molecule has 0 aliphatic rings. The van der Waals surface area contributed by atoms with E-state index in [1.165, 1.54) is 19.8 Å². The minimum absolute atomic E-state index is 0.127. The molecule has 0 radical (unpaired) electrons. The molecule has 0 unspecified atom stereocenters. The maximum Gasteiger partial charge on any atom is 0.333 e. The van der Waals surface area contributed by atoms with Crippen LogP contribution in [0.15, 0.2) is 11.6 Å². The Bertz CT molecular complexity index is 292. The van der Waals surface area contributed by atoms with Gasteiger partial charge < -0.3 is 9.84 Å². The Labute approximate surface area is 109 Å². The van der Waals surface area contributed by atoms with Gasteiger partial charge in [0.05, 0.1) is 6.61 Å². The standard InChI is InChI=1S/C14H24O4/c1-11(2)8-6-4-5-7-9-18-14(17)12(3)10-13(15)16/h10-11H,4-9H2,1-3H3,(H,15,16)/b12-10+. The summed E-state index contributed by atoms with van der Waals surface area (Å²) in [4.78, 5) is 21.6. The summed E-state index contributed by atoms with van der Waals surface area (Å²) in [7, 11) is 0. The second kappa shape index (κ2) is 9.68. The van der Waals surface area contributed by atoms with Crippen LogP contribution in [0.5, 0.6) is 0 Å². The quantitative estimate of drug-likeness (QED) is 0.391. The van der Waals surface area contributed by atoms with E-state index in [1.807, 2.05) is 0 Å². The minimum Gasteiger partial charge on any atom is -0.478 e. The molecule has 104 valence electrons. The van der Waals surface area contributed by atoms with E-state index in [0.29, 0.717) is 6.61 Å². The van der Waals surface area contributed by atoms with Gasteiger partial charge in [-0.05, 0) is 19.3 Å². The Kier molecular flexibility index (Phi) is 8.97. The molecule has 1 N–H and O–H groups in total. The van der Waals surface area contributed by atoms with Crippen molar-refractivity contribution < 1.29 is 19.4 Å². The van der Waals surface area contributed by atoms with E-state index in [4.69, 9.17) is 9.84 Å². The zero-order valence-electron chi connectivity index (χ0n) is 11.6. The molecule has 4 nitrogen and oxygen atoms in total. The molecule has 0 aliphatic carbocycles. The van der Waals surface area contributed by atoms with Crippen LogP contribution in [0.2, 0.25) is 0 Å². The lowest BCUT2D eigenvalue weighted by molar-refractivity contribution is -0.140. The number of hydrogen-bond donors (Lipinski definition) is 1. The van der Waals surface area contributed by atoms with Crippen molar-refractivity contribution in [2.45, 2.75) is 52.9 Å². The second-order valence-corrected chi connectivity index (χ2v) is 4.90. The van der Waals surface area contributed by atoms with Crippen molar-refractivity contribution in [1.82, 2.24) is 0 Å². The predicted molar refractivity (Wildman–Crippen MR) is 70.3 cm³/mol. The molecule has 0 saturated heterocycles. The predicted octanol–water partition coefficient (Wildman–Crippen LogP) is 3.17. The average molecular weight is 256 g/mol. The number of ether oxygens (including phenoxy) is 1. The molecule has 0 fully saturated rings. The lowest BCUT2D eigenvalue weighted by Crippen LogP contribution is -2.08. The molecular weight excluding hydrogens is 232 g/mol. The van der Waals surface area contributed by atoms with Crippen molar-refractivity contribution in [2.75, 3.05) is 6.61 Å². The second-order valence-electron chi connectivity index (χ2n) is 4.90. The zero-order valence-corrected chi connectivity index (χ0v) is 11.6. The van der Waals surface area contributed by atoms with Gasteiger partial charge in [0, 0.05) is 11.6 Å². The van der Waals surface area contributed by atoms with E-state index < -0.39 is 11.9 Å². The summed E-state index contributed by atoms with van der Waals surface area (Å²) in [5, 5.41) is 8.46. The van der Waals surface area contributed by atoms with Crippen LogP contribution in [-0.4, -0.2) is 23.7 Å². The molecule has 18 heavy (non-hydrogen) atoms. The summed E-state index contributed by atoms with van der Waals surface area (Å²) in [6.07, 6.45) is 6.35. The van der Waals surface area contributed by atoms with Crippen LogP contribution < -0.4 is 0 Å². The molecule has 0 spiro atoms. The Morgan fingerprint density at radius 3 is 2.33 bits per heavy atom. The molecule has 4 heteroatoms. The number of carboxylic acids is 1. The summed E-state index contributed by atoms with van der Waals surface area (Å²) in [6.45, 7) is 6.23. The first kappa shape index (κ1) is 16.7. The van der Waals surface area contributed by atoms with Crippen LogP contribution in [0.4, 0.5) is 0 Å². The summed E-state index contributed by atoms with van der Waals surface area (Å²) in [5.41, 5.74) is 0.127. The van der Waals surface area contributed by atoms with Crippen molar-refractivity contribution in [3.8, 4) is 0 Å². The van der Waals surface area contributed by atoms with Gasteiger partial charge in [0.25, 0.3) is 0 Å².